The predicted octanol–water partition coefficient (Wildman–Crippen LogP) is 3.16. The molecule has 142 valence electrons. The molecule has 0 spiro atoms. The highest BCUT2D eigenvalue weighted by Crippen LogP contribution is 2.10. The van der Waals surface area contributed by atoms with Gasteiger partial charge in [0, 0.05) is 37.6 Å². The molecule has 1 aromatic heterocycles. The fraction of sp³-hybridized carbons (Fsp3) is 0.474. The number of aryl methyl sites for hydroxylation is 2. The van der Waals surface area contributed by atoms with E-state index in [4.69, 9.17) is 0 Å². The molecule has 1 aromatic carbocycles. The van der Waals surface area contributed by atoms with E-state index in [2.05, 4.69) is 33.0 Å². The van der Waals surface area contributed by atoms with E-state index < -0.39 is 0 Å². The van der Waals surface area contributed by atoms with E-state index in [1.54, 1.807) is 0 Å². The summed E-state index contributed by atoms with van der Waals surface area (Å²) in [5, 5.41) is 7.50. The number of urea groups is 1. The molecule has 26 heavy (non-hydrogen) atoms. The maximum atomic E-state index is 12.4. The van der Waals surface area contributed by atoms with Gasteiger partial charge in [0.15, 0.2) is 0 Å². The first-order valence-corrected chi connectivity index (χ1v) is 8.96. The fourth-order valence-electron chi connectivity index (χ4n) is 3.26. The van der Waals surface area contributed by atoms with Gasteiger partial charge in [0.25, 0.3) is 0 Å². The van der Waals surface area contributed by atoms with Crippen LogP contribution in [0.5, 0.6) is 0 Å². The van der Waals surface area contributed by atoms with E-state index in [0.717, 1.165) is 57.1 Å². The van der Waals surface area contributed by atoms with Crippen LogP contribution in [-0.2, 0) is 6.54 Å². The molecule has 0 unspecified atom stereocenters. The van der Waals surface area contributed by atoms with Crippen LogP contribution in [0.1, 0.15) is 17.8 Å². The highest BCUT2D eigenvalue weighted by molar-refractivity contribution is 5.89. The summed E-state index contributed by atoms with van der Waals surface area (Å²) in [6, 6.07) is 11.7. The van der Waals surface area contributed by atoms with Crippen LogP contribution in [0, 0.1) is 13.8 Å². The van der Waals surface area contributed by atoms with Crippen molar-refractivity contribution in [1.29, 1.82) is 0 Å². The van der Waals surface area contributed by atoms with Crippen LogP contribution in [0.15, 0.2) is 36.4 Å². The average molecular weight is 378 g/mol. The first-order valence-electron chi connectivity index (χ1n) is 8.96. The third-order valence-electron chi connectivity index (χ3n) is 4.63. The van der Waals surface area contributed by atoms with E-state index in [9.17, 15) is 4.79 Å². The zero-order chi connectivity index (χ0) is 17.6. The highest BCUT2D eigenvalue weighted by atomic mass is 35.5. The minimum Gasteiger partial charge on any atom is -0.323 e. The lowest BCUT2D eigenvalue weighted by Gasteiger charge is -2.22. The predicted molar refractivity (Wildman–Crippen MR) is 107 cm³/mol. The molecule has 1 fully saturated rings. The topological polar surface area (TPSA) is 53.4 Å². The second-order valence-electron chi connectivity index (χ2n) is 6.63. The van der Waals surface area contributed by atoms with Gasteiger partial charge in [-0.1, -0.05) is 18.2 Å². The van der Waals surface area contributed by atoms with Crippen LogP contribution >= 0.6 is 12.4 Å². The van der Waals surface area contributed by atoms with E-state index in [-0.39, 0.29) is 18.4 Å². The highest BCUT2D eigenvalue weighted by Gasteiger charge is 2.19. The molecule has 0 aliphatic carbocycles. The lowest BCUT2D eigenvalue weighted by molar-refractivity contribution is 0.210. The number of para-hydroxylation sites is 1. The lowest BCUT2D eigenvalue weighted by Crippen LogP contribution is -2.38. The van der Waals surface area contributed by atoms with Crippen LogP contribution in [0.3, 0.4) is 0 Å². The Kier molecular flexibility index (Phi) is 7.48. The lowest BCUT2D eigenvalue weighted by atomic mass is 10.3. The van der Waals surface area contributed by atoms with Crippen molar-refractivity contribution in [1.82, 2.24) is 19.6 Å². The number of amides is 2. The fourth-order valence-corrected chi connectivity index (χ4v) is 3.26. The zero-order valence-electron chi connectivity index (χ0n) is 15.5. The van der Waals surface area contributed by atoms with Gasteiger partial charge in [-0.25, -0.2) is 4.79 Å². The van der Waals surface area contributed by atoms with Crippen LogP contribution in [0.4, 0.5) is 10.5 Å². The van der Waals surface area contributed by atoms with E-state index in [0.29, 0.717) is 0 Å². The number of rotatable bonds is 4. The van der Waals surface area contributed by atoms with Gasteiger partial charge in [-0.15, -0.1) is 12.4 Å². The molecule has 6 nitrogen and oxygen atoms in total. The molecular formula is C19H28ClN5O. The Hall–Kier alpha value is -2.05. The van der Waals surface area contributed by atoms with Crippen molar-refractivity contribution in [2.45, 2.75) is 26.8 Å². The summed E-state index contributed by atoms with van der Waals surface area (Å²) in [4.78, 5) is 16.8. The van der Waals surface area contributed by atoms with Gasteiger partial charge in [0.2, 0.25) is 0 Å². The summed E-state index contributed by atoms with van der Waals surface area (Å²) in [5.41, 5.74) is 3.12. The second-order valence-corrected chi connectivity index (χ2v) is 6.63. The third-order valence-corrected chi connectivity index (χ3v) is 4.63. The van der Waals surface area contributed by atoms with Gasteiger partial charge < -0.3 is 10.2 Å². The molecule has 3 rings (SSSR count). The smallest absolute Gasteiger partial charge is 0.321 e. The summed E-state index contributed by atoms with van der Waals surface area (Å²) < 4.78 is 2.07. The normalized spacial score (nSPS) is 15.2. The molecule has 2 amide bonds. The number of halogens is 1. The van der Waals surface area contributed by atoms with E-state index in [1.807, 2.05) is 42.2 Å². The number of aromatic nitrogens is 2. The molecule has 0 atom stereocenters. The molecule has 0 saturated carbocycles. The largest absolute Gasteiger partial charge is 0.323 e. The Bertz CT molecular complexity index is 703. The number of nitrogens with zero attached hydrogens (tertiary/aromatic N) is 4. The van der Waals surface area contributed by atoms with Crippen LogP contribution < -0.4 is 5.32 Å². The maximum absolute atomic E-state index is 12.4. The van der Waals surface area contributed by atoms with Gasteiger partial charge in [0.05, 0.1) is 12.2 Å². The number of anilines is 1. The number of hydrogen-bond donors (Lipinski definition) is 1. The van der Waals surface area contributed by atoms with Crippen molar-refractivity contribution in [3.8, 4) is 0 Å². The molecule has 1 aliphatic heterocycles. The maximum Gasteiger partial charge on any atom is 0.321 e. The number of nitrogens with one attached hydrogen (secondary N) is 1. The quantitative estimate of drug-likeness (QED) is 0.890. The summed E-state index contributed by atoms with van der Waals surface area (Å²) in [6.07, 6.45) is 0.999. The van der Waals surface area contributed by atoms with Crippen LogP contribution in [0.2, 0.25) is 0 Å². The van der Waals surface area contributed by atoms with Crippen LogP contribution in [-0.4, -0.2) is 58.3 Å². The summed E-state index contributed by atoms with van der Waals surface area (Å²) in [6.45, 7) is 9.48. The first kappa shape index (κ1) is 20.3. The molecular weight excluding hydrogens is 350 g/mol. The summed E-state index contributed by atoms with van der Waals surface area (Å²) in [7, 11) is 0. The van der Waals surface area contributed by atoms with Gasteiger partial charge >= 0.3 is 6.03 Å². The second kappa shape index (κ2) is 9.59. The van der Waals surface area contributed by atoms with Crippen molar-refractivity contribution >= 4 is 24.1 Å². The van der Waals surface area contributed by atoms with Gasteiger partial charge in [-0.05, 0) is 45.0 Å². The van der Waals surface area contributed by atoms with Gasteiger partial charge in [0.1, 0.15) is 0 Å². The molecule has 2 heterocycles. The summed E-state index contributed by atoms with van der Waals surface area (Å²) in [5.74, 6) is 0. The Morgan fingerprint density at radius 1 is 1.08 bits per heavy atom. The molecule has 0 radical (unpaired) electrons. The summed E-state index contributed by atoms with van der Waals surface area (Å²) >= 11 is 0. The van der Waals surface area contributed by atoms with Crippen molar-refractivity contribution in [2.24, 2.45) is 0 Å². The number of carbonyl (C=O) groups is 1. The Morgan fingerprint density at radius 3 is 2.54 bits per heavy atom. The molecule has 1 N–H and O–H groups in total. The monoisotopic (exact) mass is 377 g/mol. The minimum atomic E-state index is -0.00778. The van der Waals surface area contributed by atoms with Crippen molar-refractivity contribution in [3.05, 3.63) is 47.8 Å². The molecule has 1 aliphatic rings. The van der Waals surface area contributed by atoms with Crippen molar-refractivity contribution in [2.75, 3.05) is 38.0 Å². The number of carbonyl (C=O) groups excluding carboxylic acids is 1. The molecule has 1 saturated heterocycles. The zero-order valence-corrected chi connectivity index (χ0v) is 16.3. The standard InChI is InChI=1S/C19H27N5O.ClH/c1-16-15-17(2)24(21-16)14-12-22-9-6-10-23(13-11-22)19(25)20-18-7-4-3-5-8-18;/h3-5,7-8,15H,6,9-14H2,1-2H3,(H,20,25);1H. The molecule has 2 aromatic rings. The van der Waals surface area contributed by atoms with Gasteiger partial charge in [-0.2, -0.15) is 5.10 Å². The average Bonchev–Trinajstić information content (AvgIpc) is 2.80. The molecule has 0 bridgehead atoms. The Labute approximate surface area is 161 Å². The Balaban J connectivity index is 0.00000243. The minimum absolute atomic E-state index is 0. The van der Waals surface area contributed by atoms with Crippen molar-refractivity contribution in [3.63, 3.8) is 0 Å². The van der Waals surface area contributed by atoms with Gasteiger partial charge in [-0.3, -0.25) is 9.58 Å². The molecule has 7 heteroatoms. The van der Waals surface area contributed by atoms with E-state index in [1.165, 1.54) is 5.69 Å². The first-order chi connectivity index (χ1) is 12.1. The third kappa shape index (κ3) is 5.47. The van der Waals surface area contributed by atoms with Crippen molar-refractivity contribution < 1.29 is 4.79 Å². The number of hydrogen-bond acceptors (Lipinski definition) is 3. The Morgan fingerprint density at radius 2 is 1.85 bits per heavy atom. The number of benzene rings is 1. The SMILES string of the molecule is Cc1cc(C)n(CCN2CCCN(C(=O)Nc3ccccc3)CC2)n1.Cl. The van der Waals surface area contributed by atoms with Crippen LogP contribution in [0.25, 0.3) is 0 Å². The van der Waals surface area contributed by atoms with E-state index >= 15 is 0 Å².